The van der Waals surface area contributed by atoms with Crippen molar-refractivity contribution in [3.8, 4) is 0 Å². The number of hydrogen-bond donors (Lipinski definition) is 1. The molecular weight excluding hydrogens is 376 g/mol. The number of benzene rings is 1. The maximum absolute atomic E-state index is 6.20. The Hall–Kier alpha value is -1.95. The summed E-state index contributed by atoms with van der Waals surface area (Å²) in [5.41, 5.74) is 0.895. The molecule has 0 spiro atoms. The number of rotatable bonds is 9. The Balaban J connectivity index is 1.79. The van der Waals surface area contributed by atoms with Crippen molar-refractivity contribution in [1.29, 1.82) is 0 Å². The molecule has 0 unspecified atom stereocenters. The highest BCUT2D eigenvalue weighted by atomic mass is 35.5. The molecule has 6 heteroatoms. The number of aromatic nitrogens is 2. The van der Waals surface area contributed by atoms with Crippen LogP contribution in [0.25, 0.3) is 23.1 Å². The highest BCUT2D eigenvalue weighted by Crippen LogP contribution is 2.25. The van der Waals surface area contributed by atoms with Crippen LogP contribution in [-0.2, 0) is 0 Å². The van der Waals surface area contributed by atoms with E-state index in [1.54, 1.807) is 11.3 Å². The number of thiophene rings is 1. The van der Waals surface area contributed by atoms with Crippen LogP contribution in [0.1, 0.15) is 31.0 Å². The molecule has 4 nitrogen and oxygen atoms in total. The van der Waals surface area contributed by atoms with E-state index in [0.717, 1.165) is 49.3 Å². The Labute approximate surface area is 169 Å². The molecule has 2 aromatic heterocycles. The number of hydrogen-bond acceptors (Lipinski definition) is 5. The lowest BCUT2D eigenvalue weighted by Gasteiger charge is -2.18. The number of nitrogens with one attached hydrogen (secondary N) is 1. The summed E-state index contributed by atoms with van der Waals surface area (Å²) >= 11 is 7.89. The van der Waals surface area contributed by atoms with E-state index >= 15 is 0 Å². The molecule has 0 aliphatic carbocycles. The quantitative estimate of drug-likeness (QED) is 0.470. The van der Waals surface area contributed by atoms with Gasteiger partial charge in [0.05, 0.1) is 5.52 Å². The molecule has 0 radical (unpaired) electrons. The smallest absolute Gasteiger partial charge is 0.155 e. The summed E-state index contributed by atoms with van der Waals surface area (Å²) in [6.45, 7) is 8.50. The fourth-order valence-electron chi connectivity index (χ4n) is 2.92. The largest absolute Gasteiger partial charge is 0.369 e. The van der Waals surface area contributed by atoms with Crippen LogP contribution in [0.4, 0.5) is 5.82 Å². The van der Waals surface area contributed by atoms with Crippen LogP contribution in [0, 0.1) is 0 Å². The number of fused-ring (bicyclic) bond motifs is 1. The third kappa shape index (κ3) is 5.51. The lowest BCUT2D eigenvalue weighted by atomic mass is 10.2. The maximum atomic E-state index is 6.20. The lowest BCUT2D eigenvalue weighted by molar-refractivity contribution is 0.303. The molecule has 0 atom stereocenters. The number of halogens is 1. The average Bonchev–Trinajstić information content (AvgIpc) is 3.20. The van der Waals surface area contributed by atoms with Crippen LogP contribution in [0.2, 0.25) is 5.02 Å². The molecule has 2 heterocycles. The minimum absolute atomic E-state index is 0.694. The van der Waals surface area contributed by atoms with Gasteiger partial charge in [-0.05, 0) is 67.9 Å². The van der Waals surface area contributed by atoms with Crippen molar-refractivity contribution in [2.75, 3.05) is 31.5 Å². The van der Waals surface area contributed by atoms with E-state index in [0.29, 0.717) is 10.8 Å². The summed E-state index contributed by atoms with van der Waals surface area (Å²) in [6, 6.07) is 9.86. The van der Waals surface area contributed by atoms with Crippen LogP contribution < -0.4 is 5.32 Å². The van der Waals surface area contributed by atoms with Crippen molar-refractivity contribution < 1.29 is 0 Å². The predicted octanol–water partition coefficient (Wildman–Crippen LogP) is 5.66. The highest BCUT2D eigenvalue weighted by molar-refractivity contribution is 7.10. The summed E-state index contributed by atoms with van der Waals surface area (Å²) in [5, 5.41) is 7.20. The summed E-state index contributed by atoms with van der Waals surface area (Å²) in [6.07, 6.45) is 5.07. The van der Waals surface area contributed by atoms with Crippen molar-refractivity contribution in [1.82, 2.24) is 14.9 Å². The number of anilines is 1. The molecule has 1 aromatic carbocycles. The molecule has 3 aromatic rings. The second-order valence-corrected chi connectivity index (χ2v) is 7.66. The van der Waals surface area contributed by atoms with E-state index in [4.69, 9.17) is 16.6 Å². The molecule has 0 saturated carbocycles. The predicted molar refractivity (Wildman–Crippen MR) is 119 cm³/mol. The fraction of sp³-hybridized carbons (Fsp3) is 0.333. The van der Waals surface area contributed by atoms with Gasteiger partial charge < -0.3 is 10.2 Å². The van der Waals surface area contributed by atoms with Gasteiger partial charge in [0, 0.05) is 21.8 Å². The van der Waals surface area contributed by atoms with Gasteiger partial charge in [-0.15, -0.1) is 11.3 Å². The zero-order valence-electron chi connectivity index (χ0n) is 15.8. The molecule has 3 rings (SSSR count). The van der Waals surface area contributed by atoms with Crippen LogP contribution >= 0.6 is 22.9 Å². The van der Waals surface area contributed by atoms with Gasteiger partial charge in [0.15, 0.2) is 5.82 Å². The first-order valence-corrected chi connectivity index (χ1v) is 10.6. The maximum Gasteiger partial charge on any atom is 0.155 e. The van der Waals surface area contributed by atoms with Gasteiger partial charge in [0.25, 0.3) is 0 Å². The molecule has 0 saturated heterocycles. The first-order valence-electron chi connectivity index (χ1n) is 9.34. The van der Waals surface area contributed by atoms with Crippen molar-refractivity contribution in [2.45, 2.75) is 20.3 Å². The van der Waals surface area contributed by atoms with Crippen molar-refractivity contribution in [3.63, 3.8) is 0 Å². The van der Waals surface area contributed by atoms with Gasteiger partial charge in [-0.3, -0.25) is 0 Å². The Morgan fingerprint density at radius 1 is 1.15 bits per heavy atom. The monoisotopic (exact) mass is 400 g/mol. The van der Waals surface area contributed by atoms with Crippen molar-refractivity contribution in [2.24, 2.45) is 0 Å². The molecule has 142 valence electrons. The van der Waals surface area contributed by atoms with Crippen LogP contribution in [-0.4, -0.2) is 41.0 Å². The Morgan fingerprint density at radius 3 is 2.74 bits per heavy atom. The second-order valence-electron chi connectivity index (χ2n) is 6.25. The average molecular weight is 401 g/mol. The van der Waals surface area contributed by atoms with Gasteiger partial charge in [-0.2, -0.15) is 0 Å². The third-order valence-corrected chi connectivity index (χ3v) is 5.53. The van der Waals surface area contributed by atoms with Crippen LogP contribution in [0.3, 0.4) is 0 Å². The number of nitrogens with zero attached hydrogens (tertiary/aromatic N) is 3. The van der Waals surface area contributed by atoms with E-state index in [2.05, 4.69) is 40.5 Å². The van der Waals surface area contributed by atoms with Gasteiger partial charge >= 0.3 is 0 Å². The summed E-state index contributed by atoms with van der Waals surface area (Å²) in [5.74, 6) is 1.54. The Kier molecular flexibility index (Phi) is 7.21. The standard InChI is InChI=1S/C21H25ClN4S/c1-3-26(4-2)13-6-12-23-21-18-15-16(22)8-10-19(18)24-20(25-21)11-9-17-7-5-14-27-17/h5,7-11,14-15H,3-4,6,12-13H2,1-2H3,(H,23,24,25)/b11-9+. The summed E-state index contributed by atoms with van der Waals surface area (Å²) in [4.78, 5) is 13.0. The first-order chi connectivity index (χ1) is 13.2. The van der Waals surface area contributed by atoms with Crippen LogP contribution in [0.5, 0.6) is 0 Å². The summed E-state index contributed by atoms with van der Waals surface area (Å²) < 4.78 is 0. The van der Waals surface area contributed by atoms with E-state index in [1.165, 1.54) is 4.88 Å². The first kappa shape index (κ1) is 19.8. The minimum atomic E-state index is 0.694. The molecule has 0 fully saturated rings. The molecule has 0 amide bonds. The zero-order valence-corrected chi connectivity index (χ0v) is 17.4. The van der Waals surface area contributed by atoms with E-state index in [9.17, 15) is 0 Å². The van der Waals surface area contributed by atoms with E-state index in [1.807, 2.05) is 36.4 Å². The van der Waals surface area contributed by atoms with Crippen molar-refractivity contribution in [3.05, 3.63) is 51.4 Å². The minimum Gasteiger partial charge on any atom is -0.369 e. The Bertz CT molecular complexity index is 889. The molecule has 0 aliphatic heterocycles. The fourth-order valence-corrected chi connectivity index (χ4v) is 3.71. The zero-order chi connectivity index (χ0) is 19.1. The summed E-state index contributed by atoms with van der Waals surface area (Å²) in [7, 11) is 0. The van der Waals surface area contributed by atoms with Crippen LogP contribution in [0.15, 0.2) is 35.7 Å². The van der Waals surface area contributed by atoms with Gasteiger partial charge in [-0.1, -0.05) is 31.5 Å². The normalized spacial score (nSPS) is 11.7. The second kappa shape index (κ2) is 9.83. The topological polar surface area (TPSA) is 41.0 Å². The van der Waals surface area contributed by atoms with Gasteiger partial charge in [0.1, 0.15) is 5.82 Å². The molecular formula is C21H25ClN4S. The van der Waals surface area contributed by atoms with Crippen molar-refractivity contribution >= 4 is 51.8 Å². The van der Waals surface area contributed by atoms with E-state index < -0.39 is 0 Å². The molecule has 0 bridgehead atoms. The highest BCUT2D eigenvalue weighted by Gasteiger charge is 2.08. The third-order valence-electron chi connectivity index (χ3n) is 4.45. The lowest BCUT2D eigenvalue weighted by Crippen LogP contribution is -2.25. The molecule has 27 heavy (non-hydrogen) atoms. The van der Waals surface area contributed by atoms with Gasteiger partial charge in [0.2, 0.25) is 0 Å². The molecule has 1 N–H and O–H groups in total. The SMILES string of the molecule is CCN(CC)CCCNc1nc(/C=C/c2cccs2)nc2ccc(Cl)cc12. The van der Waals surface area contributed by atoms with E-state index in [-0.39, 0.29) is 0 Å². The molecule has 0 aliphatic rings. The Morgan fingerprint density at radius 2 is 2.00 bits per heavy atom. The van der Waals surface area contributed by atoms with Gasteiger partial charge in [-0.25, -0.2) is 9.97 Å².